The number of amides is 1. The van der Waals surface area contributed by atoms with E-state index in [0.29, 0.717) is 16.0 Å². The molecule has 1 aromatic carbocycles. The lowest BCUT2D eigenvalue weighted by atomic mass is 9.94. The molecule has 1 saturated heterocycles. The summed E-state index contributed by atoms with van der Waals surface area (Å²) in [5, 5.41) is 10.8. The van der Waals surface area contributed by atoms with Crippen molar-refractivity contribution < 1.29 is 9.72 Å². The molecule has 6 heteroatoms. The number of halogens is 1. The lowest BCUT2D eigenvalue weighted by molar-refractivity contribution is -0.384. The fourth-order valence-electron chi connectivity index (χ4n) is 2.51. The van der Waals surface area contributed by atoms with E-state index in [1.54, 1.807) is 11.0 Å². The molecule has 1 aliphatic rings. The van der Waals surface area contributed by atoms with Gasteiger partial charge in [-0.25, -0.2) is 0 Å². The summed E-state index contributed by atoms with van der Waals surface area (Å²) in [5.74, 6) is 0.558. The van der Waals surface area contributed by atoms with E-state index in [9.17, 15) is 14.9 Å². The first-order valence-corrected chi connectivity index (χ1v) is 7.55. The van der Waals surface area contributed by atoms with E-state index in [1.807, 2.05) is 0 Å². The molecule has 0 unspecified atom stereocenters. The number of hydrogen-bond acceptors (Lipinski definition) is 3. The minimum Gasteiger partial charge on any atom is -0.339 e. The summed E-state index contributed by atoms with van der Waals surface area (Å²) in [4.78, 5) is 24.6. The Balaban J connectivity index is 2.17. The molecule has 1 aromatic rings. The molecule has 1 amide bonds. The van der Waals surface area contributed by atoms with Gasteiger partial charge in [0.1, 0.15) is 0 Å². The maximum atomic E-state index is 12.5. The Morgan fingerprint density at radius 2 is 2.10 bits per heavy atom. The summed E-state index contributed by atoms with van der Waals surface area (Å²) in [7, 11) is 0. The number of likely N-dealkylation sites (tertiary alicyclic amines) is 1. The van der Waals surface area contributed by atoms with Crippen molar-refractivity contribution in [1.29, 1.82) is 0 Å². The quantitative estimate of drug-likeness (QED) is 0.623. The van der Waals surface area contributed by atoms with Crippen molar-refractivity contribution in [3.8, 4) is 0 Å². The molecule has 0 radical (unpaired) electrons. The number of nitro groups is 1. The molecule has 1 fully saturated rings. The van der Waals surface area contributed by atoms with E-state index in [2.05, 4.69) is 22.9 Å². The van der Waals surface area contributed by atoms with E-state index < -0.39 is 4.92 Å². The highest BCUT2D eigenvalue weighted by atomic mass is 79.9. The van der Waals surface area contributed by atoms with Crippen molar-refractivity contribution >= 4 is 27.5 Å². The highest BCUT2D eigenvalue weighted by molar-refractivity contribution is 9.10. The second-order valence-electron chi connectivity index (χ2n) is 5.07. The molecule has 0 aromatic heterocycles. The third-order valence-electron chi connectivity index (χ3n) is 3.87. The Labute approximate surface area is 126 Å². The zero-order chi connectivity index (χ0) is 14.7. The van der Waals surface area contributed by atoms with Gasteiger partial charge in [0.2, 0.25) is 0 Å². The minimum atomic E-state index is -0.480. The molecule has 5 nitrogen and oxygen atoms in total. The number of carbonyl (C=O) groups excluding carboxylic acids is 1. The predicted octanol–water partition coefficient (Wildman–Crippen LogP) is 3.62. The maximum Gasteiger partial charge on any atom is 0.270 e. The third kappa shape index (κ3) is 3.17. The van der Waals surface area contributed by atoms with Gasteiger partial charge >= 0.3 is 0 Å². The standard InChI is InChI=1S/C14H17BrN2O3/c1-2-10-5-7-16(8-6-10)14(18)12-9-11(17(19)20)3-4-13(12)15/h3-4,9-10H,2,5-8H2,1H3. The number of carbonyl (C=O) groups is 1. The number of hydrogen-bond donors (Lipinski definition) is 0. The van der Waals surface area contributed by atoms with Crippen LogP contribution in [0.25, 0.3) is 0 Å². The van der Waals surface area contributed by atoms with E-state index in [4.69, 9.17) is 0 Å². The summed E-state index contributed by atoms with van der Waals surface area (Å²) >= 11 is 3.30. The van der Waals surface area contributed by atoms with Crippen LogP contribution in [-0.4, -0.2) is 28.8 Å². The van der Waals surface area contributed by atoms with Gasteiger partial charge < -0.3 is 4.90 Å². The van der Waals surface area contributed by atoms with Gasteiger partial charge in [-0.05, 0) is 40.8 Å². The van der Waals surface area contributed by atoms with Crippen molar-refractivity contribution in [3.05, 3.63) is 38.3 Å². The molecule has 0 aliphatic carbocycles. The van der Waals surface area contributed by atoms with Crippen LogP contribution in [0.5, 0.6) is 0 Å². The van der Waals surface area contributed by atoms with Gasteiger partial charge in [-0.1, -0.05) is 13.3 Å². The van der Waals surface area contributed by atoms with Gasteiger partial charge in [0.15, 0.2) is 0 Å². The Kier molecular flexibility index (Phi) is 4.75. The fourth-order valence-corrected chi connectivity index (χ4v) is 2.92. The van der Waals surface area contributed by atoms with E-state index in [0.717, 1.165) is 32.4 Å². The van der Waals surface area contributed by atoms with Crippen molar-refractivity contribution in [2.45, 2.75) is 26.2 Å². The number of rotatable bonds is 3. The second-order valence-corrected chi connectivity index (χ2v) is 5.92. The topological polar surface area (TPSA) is 63.5 Å². The first-order valence-electron chi connectivity index (χ1n) is 6.76. The van der Waals surface area contributed by atoms with Crippen LogP contribution < -0.4 is 0 Å². The number of non-ortho nitro benzene ring substituents is 1. The summed E-state index contributed by atoms with van der Waals surface area (Å²) in [6.07, 6.45) is 3.16. The largest absolute Gasteiger partial charge is 0.339 e. The molecule has 0 N–H and O–H groups in total. The maximum absolute atomic E-state index is 12.5. The lowest BCUT2D eigenvalue weighted by Crippen LogP contribution is -2.38. The summed E-state index contributed by atoms with van der Waals surface area (Å²) in [5.41, 5.74) is 0.314. The first kappa shape index (κ1) is 15.0. The Morgan fingerprint density at radius 3 is 2.65 bits per heavy atom. The van der Waals surface area contributed by atoms with Crippen LogP contribution in [0.4, 0.5) is 5.69 Å². The van der Waals surface area contributed by atoms with E-state index in [1.165, 1.54) is 12.1 Å². The number of nitrogens with zero attached hydrogens (tertiary/aromatic N) is 2. The summed E-state index contributed by atoms with van der Waals surface area (Å²) < 4.78 is 0.603. The van der Waals surface area contributed by atoms with Gasteiger partial charge in [-0.3, -0.25) is 14.9 Å². The molecule has 0 spiro atoms. The van der Waals surface area contributed by atoms with Crippen molar-refractivity contribution in [2.24, 2.45) is 5.92 Å². The molecule has 0 atom stereocenters. The van der Waals surface area contributed by atoms with Crippen molar-refractivity contribution in [3.63, 3.8) is 0 Å². The second kappa shape index (κ2) is 6.35. The average Bonchev–Trinajstić information content (AvgIpc) is 2.47. The minimum absolute atomic E-state index is 0.0556. The normalized spacial score (nSPS) is 16.2. The predicted molar refractivity (Wildman–Crippen MR) is 79.7 cm³/mol. The SMILES string of the molecule is CCC1CCN(C(=O)c2cc([N+](=O)[O-])ccc2Br)CC1. The smallest absolute Gasteiger partial charge is 0.270 e. The Hall–Kier alpha value is -1.43. The van der Waals surface area contributed by atoms with E-state index >= 15 is 0 Å². The Bertz CT molecular complexity index is 525. The molecular weight excluding hydrogens is 324 g/mol. The average molecular weight is 341 g/mol. The summed E-state index contributed by atoms with van der Waals surface area (Å²) in [6.45, 7) is 3.62. The summed E-state index contributed by atoms with van der Waals surface area (Å²) in [6, 6.07) is 4.30. The zero-order valence-electron chi connectivity index (χ0n) is 11.3. The van der Waals surface area contributed by atoms with Crippen LogP contribution in [-0.2, 0) is 0 Å². The number of benzene rings is 1. The van der Waals surface area contributed by atoms with Gasteiger partial charge in [0.05, 0.1) is 10.5 Å². The van der Waals surface area contributed by atoms with Crippen LogP contribution in [0.3, 0.4) is 0 Å². The fraction of sp³-hybridized carbons (Fsp3) is 0.500. The van der Waals surface area contributed by atoms with Crippen LogP contribution in [0.15, 0.2) is 22.7 Å². The monoisotopic (exact) mass is 340 g/mol. The van der Waals surface area contributed by atoms with Crippen LogP contribution >= 0.6 is 15.9 Å². The first-order chi connectivity index (χ1) is 9.52. The highest BCUT2D eigenvalue weighted by Crippen LogP contribution is 2.26. The molecule has 0 bridgehead atoms. The zero-order valence-corrected chi connectivity index (χ0v) is 12.9. The lowest BCUT2D eigenvalue weighted by Gasteiger charge is -2.31. The Morgan fingerprint density at radius 1 is 1.45 bits per heavy atom. The molecule has 108 valence electrons. The van der Waals surface area contributed by atoms with Gasteiger partial charge in [-0.15, -0.1) is 0 Å². The van der Waals surface area contributed by atoms with Crippen LogP contribution in [0, 0.1) is 16.0 Å². The van der Waals surface area contributed by atoms with Gasteiger partial charge in [0.25, 0.3) is 11.6 Å². The molecule has 1 aliphatic heterocycles. The highest BCUT2D eigenvalue weighted by Gasteiger charge is 2.25. The molecule has 1 heterocycles. The molecular formula is C14H17BrN2O3. The van der Waals surface area contributed by atoms with Crippen LogP contribution in [0.2, 0.25) is 0 Å². The number of piperidine rings is 1. The van der Waals surface area contributed by atoms with E-state index in [-0.39, 0.29) is 11.6 Å². The van der Waals surface area contributed by atoms with Crippen molar-refractivity contribution in [2.75, 3.05) is 13.1 Å². The number of nitro benzene ring substituents is 1. The van der Waals surface area contributed by atoms with Gasteiger partial charge in [-0.2, -0.15) is 0 Å². The third-order valence-corrected chi connectivity index (χ3v) is 4.56. The van der Waals surface area contributed by atoms with Crippen molar-refractivity contribution in [1.82, 2.24) is 4.90 Å². The molecule has 20 heavy (non-hydrogen) atoms. The van der Waals surface area contributed by atoms with Crippen LogP contribution in [0.1, 0.15) is 36.5 Å². The molecule has 0 saturated carbocycles. The van der Waals surface area contributed by atoms with Gasteiger partial charge in [0, 0.05) is 29.7 Å². The molecule has 2 rings (SSSR count).